The molecule has 2 aromatic rings. The molecule has 0 saturated carbocycles. The maximum atomic E-state index is 12.6. The molecule has 110 valence electrons. The molecule has 0 spiro atoms. The fourth-order valence-electron chi connectivity index (χ4n) is 2.94. The number of aromatic amines is 1. The Labute approximate surface area is 124 Å². The zero-order chi connectivity index (χ0) is 14.8. The van der Waals surface area contributed by atoms with Crippen LogP contribution in [0.3, 0.4) is 0 Å². The Bertz CT molecular complexity index is 662. The van der Waals surface area contributed by atoms with Gasteiger partial charge in [-0.05, 0) is 37.3 Å². The summed E-state index contributed by atoms with van der Waals surface area (Å²) in [6, 6.07) is 6.14. The molecule has 1 aliphatic carbocycles. The van der Waals surface area contributed by atoms with Crippen molar-refractivity contribution in [2.24, 2.45) is 5.92 Å². The molecule has 3 rings (SSSR count). The minimum absolute atomic E-state index is 0.0214. The number of hydrogen-bond acceptors (Lipinski definition) is 3. The smallest absolute Gasteiger partial charge is 0.227 e. The predicted octanol–water partition coefficient (Wildman–Crippen LogP) is 2.42. The third-order valence-electron chi connectivity index (χ3n) is 4.23. The average Bonchev–Trinajstić information content (AvgIpc) is 2.96. The van der Waals surface area contributed by atoms with E-state index in [4.69, 9.17) is 0 Å². The van der Waals surface area contributed by atoms with Gasteiger partial charge in [-0.2, -0.15) is 15.4 Å². The normalized spacial score (nSPS) is 17.3. The van der Waals surface area contributed by atoms with Crippen LogP contribution >= 0.6 is 0 Å². The molecule has 0 saturated heterocycles. The van der Waals surface area contributed by atoms with Crippen LogP contribution < -0.4 is 5.32 Å². The van der Waals surface area contributed by atoms with Crippen molar-refractivity contribution in [2.75, 3.05) is 5.32 Å². The molecule has 1 amide bonds. The number of hydrogen-bond donors (Lipinski definition) is 2. The van der Waals surface area contributed by atoms with Crippen molar-refractivity contribution in [3.63, 3.8) is 0 Å². The molecule has 1 aliphatic rings. The number of aromatic nitrogens is 3. The van der Waals surface area contributed by atoms with Gasteiger partial charge in [0, 0.05) is 18.0 Å². The van der Waals surface area contributed by atoms with Gasteiger partial charge in [-0.15, -0.1) is 0 Å². The first-order valence-electron chi connectivity index (χ1n) is 7.47. The zero-order valence-electron chi connectivity index (χ0n) is 12.4. The third-order valence-corrected chi connectivity index (χ3v) is 4.23. The number of nitrogens with one attached hydrogen (secondary N) is 2. The predicted molar refractivity (Wildman–Crippen MR) is 81.1 cm³/mol. The van der Waals surface area contributed by atoms with E-state index in [0.29, 0.717) is 6.42 Å². The minimum Gasteiger partial charge on any atom is -0.325 e. The van der Waals surface area contributed by atoms with Crippen molar-refractivity contribution in [2.45, 2.75) is 39.5 Å². The monoisotopic (exact) mass is 284 g/mol. The van der Waals surface area contributed by atoms with Crippen LogP contribution in [-0.4, -0.2) is 21.3 Å². The van der Waals surface area contributed by atoms with E-state index >= 15 is 0 Å². The van der Waals surface area contributed by atoms with Crippen molar-refractivity contribution >= 4 is 11.6 Å². The summed E-state index contributed by atoms with van der Waals surface area (Å²) in [7, 11) is 0. The summed E-state index contributed by atoms with van der Waals surface area (Å²) in [4.78, 5) is 12.6. The Hall–Kier alpha value is -2.17. The lowest BCUT2D eigenvalue weighted by molar-refractivity contribution is -0.120. The first-order chi connectivity index (χ1) is 10.2. The summed E-state index contributed by atoms with van der Waals surface area (Å²) >= 11 is 0. The maximum absolute atomic E-state index is 12.6. The van der Waals surface area contributed by atoms with E-state index in [1.54, 1.807) is 0 Å². The van der Waals surface area contributed by atoms with Gasteiger partial charge in [0.2, 0.25) is 5.91 Å². The number of amides is 1. The highest BCUT2D eigenvalue weighted by Crippen LogP contribution is 2.26. The van der Waals surface area contributed by atoms with Crippen molar-refractivity contribution in [1.29, 1.82) is 0 Å². The molecule has 5 heteroatoms. The number of carbonyl (C=O) groups excluding carboxylic acids is 1. The van der Waals surface area contributed by atoms with E-state index in [0.717, 1.165) is 41.9 Å². The largest absolute Gasteiger partial charge is 0.325 e. The molecule has 21 heavy (non-hydrogen) atoms. The summed E-state index contributed by atoms with van der Waals surface area (Å²) in [5.74, 6) is 0.0690. The zero-order valence-corrected chi connectivity index (χ0v) is 12.4. The van der Waals surface area contributed by atoms with Crippen LogP contribution in [0.5, 0.6) is 0 Å². The molecule has 1 atom stereocenters. The van der Waals surface area contributed by atoms with Crippen molar-refractivity contribution < 1.29 is 4.79 Å². The fraction of sp³-hybridized carbons (Fsp3) is 0.438. The molecular formula is C16H20N4O. The summed E-state index contributed by atoms with van der Waals surface area (Å²) < 4.78 is 0. The fourth-order valence-corrected chi connectivity index (χ4v) is 2.94. The van der Waals surface area contributed by atoms with E-state index in [9.17, 15) is 4.79 Å². The van der Waals surface area contributed by atoms with Crippen LogP contribution in [0.15, 0.2) is 18.2 Å². The van der Waals surface area contributed by atoms with Crippen LogP contribution in [0.25, 0.3) is 0 Å². The summed E-state index contributed by atoms with van der Waals surface area (Å²) in [6.07, 6.45) is 3.23. The number of para-hydroxylation sites is 1. The van der Waals surface area contributed by atoms with E-state index < -0.39 is 0 Å². The van der Waals surface area contributed by atoms with Gasteiger partial charge < -0.3 is 5.32 Å². The van der Waals surface area contributed by atoms with Gasteiger partial charge in [0.15, 0.2) is 0 Å². The summed E-state index contributed by atoms with van der Waals surface area (Å²) in [5.41, 5.74) is 5.20. The van der Waals surface area contributed by atoms with E-state index in [1.165, 1.54) is 5.56 Å². The molecular weight excluding hydrogens is 264 g/mol. The Balaban J connectivity index is 1.76. The summed E-state index contributed by atoms with van der Waals surface area (Å²) in [5, 5.41) is 14.0. The Kier molecular flexibility index (Phi) is 3.73. The standard InChI is InChI=1S/C16H20N4O/c1-3-11-6-4-5-10(2)15(11)17-16(21)12-7-8-13-14(9-12)19-20-18-13/h4-6,12H,3,7-9H2,1-2H3,(H,17,21)(H,18,19,20). The summed E-state index contributed by atoms with van der Waals surface area (Å²) in [6.45, 7) is 4.14. The van der Waals surface area contributed by atoms with Crippen LogP contribution in [-0.2, 0) is 24.1 Å². The molecule has 1 aromatic carbocycles. The SMILES string of the molecule is CCc1cccc(C)c1NC(=O)C1CCc2n[nH]nc2C1. The second kappa shape index (κ2) is 5.68. The van der Waals surface area contributed by atoms with Gasteiger partial charge in [0.1, 0.15) is 0 Å². The average molecular weight is 284 g/mol. The van der Waals surface area contributed by atoms with Crippen LogP contribution in [0.2, 0.25) is 0 Å². The number of rotatable bonds is 3. The molecule has 2 N–H and O–H groups in total. The number of nitrogens with zero attached hydrogens (tertiary/aromatic N) is 2. The number of carbonyl (C=O) groups is 1. The van der Waals surface area contributed by atoms with Crippen molar-refractivity contribution in [1.82, 2.24) is 15.4 Å². The second-order valence-corrected chi connectivity index (χ2v) is 5.61. The van der Waals surface area contributed by atoms with Gasteiger partial charge >= 0.3 is 0 Å². The number of fused-ring (bicyclic) bond motifs is 1. The van der Waals surface area contributed by atoms with Gasteiger partial charge in [-0.3, -0.25) is 4.79 Å². The maximum Gasteiger partial charge on any atom is 0.227 e. The first-order valence-corrected chi connectivity index (χ1v) is 7.47. The van der Waals surface area contributed by atoms with Gasteiger partial charge in [-0.25, -0.2) is 0 Å². The van der Waals surface area contributed by atoms with Crippen LogP contribution in [0.4, 0.5) is 5.69 Å². The molecule has 0 fully saturated rings. The van der Waals surface area contributed by atoms with Gasteiger partial charge in [0.25, 0.3) is 0 Å². The Morgan fingerprint density at radius 3 is 3.00 bits per heavy atom. The topological polar surface area (TPSA) is 70.7 Å². The molecule has 0 aliphatic heterocycles. The van der Waals surface area contributed by atoms with E-state index in [1.807, 2.05) is 19.1 Å². The van der Waals surface area contributed by atoms with Crippen LogP contribution in [0, 0.1) is 12.8 Å². The van der Waals surface area contributed by atoms with Gasteiger partial charge in [-0.1, -0.05) is 25.1 Å². The lowest BCUT2D eigenvalue weighted by atomic mass is 9.89. The third kappa shape index (κ3) is 2.68. The molecule has 5 nitrogen and oxygen atoms in total. The van der Waals surface area contributed by atoms with Crippen molar-refractivity contribution in [3.05, 3.63) is 40.7 Å². The highest BCUT2D eigenvalue weighted by Gasteiger charge is 2.27. The van der Waals surface area contributed by atoms with Crippen LogP contribution in [0.1, 0.15) is 35.9 Å². The molecule has 0 radical (unpaired) electrons. The molecule has 1 aromatic heterocycles. The highest BCUT2D eigenvalue weighted by atomic mass is 16.1. The lowest BCUT2D eigenvalue weighted by Crippen LogP contribution is -2.28. The number of benzene rings is 1. The lowest BCUT2D eigenvalue weighted by Gasteiger charge is -2.21. The molecule has 0 bridgehead atoms. The Morgan fingerprint density at radius 1 is 1.38 bits per heavy atom. The number of H-pyrrole nitrogens is 1. The molecule has 1 unspecified atom stereocenters. The quantitative estimate of drug-likeness (QED) is 0.909. The van der Waals surface area contributed by atoms with Gasteiger partial charge in [0.05, 0.1) is 11.4 Å². The first kappa shape index (κ1) is 13.8. The number of anilines is 1. The van der Waals surface area contributed by atoms with E-state index in [-0.39, 0.29) is 11.8 Å². The van der Waals surface area contributed by atoms with E-state index in [2.05, 4.69) is 33.7 Å². The minimum atomic E-state index is -0.0214. The second-order valence-electron chi connectivity index (χ2n) is 5.61. The number of aryl methyl sites for hydroxylation is 3. The molecule has 1 heterocycles. The Morgan fingerprint density at radius 2 is 2.19 bits per heavy atom. The highest BCUT2D eigenvalue weighted by molar-refractivity contribution is 5.94. The van der Waals surface area contributed by atoms with Crippen molar-refractivity contribution in [3.8, 4) is 0 Å².